The van der Waals surface area contributed by atoms with Gasteiger partial charge in [0.15, 0.2) is 0 Å². The van der Waals surface area contributed by atoms with E-state index in [1.54, 1.807) is 13.0 Å². The van der Waals surface area contributed by atoms with Gasteiger partial charge in [0.1, 0.15) is 29.9 Å². The fourth-order valence-electron chi connectivity index (χ4n) is 3.91. The van der Waals surface area contributed by atoms with Crippen molar-refractivity contribution in [2.45, 2.75) is 38.2 Å². The van der Waals surface area contributed by atoms with E-state index in [1.807, 2.05) is 0 Å². The van der Waals surface area contributed by atoms with E-state index in [4.69, 9.17) is 0 Å². The van der Waals surface area contributed by atoms with Gasteiger partial charge in [0.05, 0.1) is 23.0 Å². The molecule has 6 nitrogen and oxygen atoms in total. The molecular formula is C25H21F5N4O2S. The maximum Gasteiger partial charge on any atom is 0.416 e. The number of aromatic nitrogens is 3. The van der Waals surface area contributed by atoms with Gasteiger partial charge in [-0.05, 0) is 49.2 Å². The molecule has 0 saturated heterocycles. The SMILES string of the molecule is Cc1cc(-c2ccc(C(F)(F)F)cc2)sc1C(=O)N[C@H](C)[C@](O)(Cn1cncn1)c1ccc(F)cc1F. The van der Waals surface area contributed by atoms with Crippen molar-refractivity contribution in [3.63, 3.8) is 0 Å². The van der Waals surface area contributed by atoms with Crippen molar-refractivity contribution in [1.29, 1.82) is 0 Å². The first-order valence-electron chi connectivity index (χ1n) is 11.0. The van der Waals surface area contributed by atoms with E-state index in [1.165, 1.54) is 36.4 Å². The Bertz CT molecular complexity index is 1400. The second kappa shape index (κ2) is 10.0. The van der Waals surface area contributed by atoms with E-state index in [2.05, 4.69) is 15.4 Å². The molecular weight excluding hydrogens is 515 g/mol. The Morgan fingerprint density at radius 1 is 1.14 bits per heavy atom. The molecule has 2 aromatic heterocycles. The third-order valence-electron chi connectivity index (χ3n) is 5.95. The lowest BCUT2D eigenvalue weighted by atomic mass is 9.86. The fourth-order valence-corrected chi connectivity index (χ4v) is 4.99. The third kappa shape index (κ3) is 5.54. The molecule has 2 atom stereocenters. The van der Waals surface area contributed by atoms with Gasteiger partial charge in [0, 0.05) is 16.5 Å². The lowest BCUT2D eigenvalue weighted by molar-refractivity contribution is -0.137. The highest BCUT2D eigenvalue weighted by Crippen LogP contribution is 2.35. The molecule has 4 aromatic rings. The van der Waals surface area contributed by atoms with Crippen LogP contribution in [-0.4, -0.2) is 31.8 Å². The number of rotatable bonds is 7. The molecule has 4 rings (SSSR count). The van der Waals surface area contributed by atoms with Crippen LogP contribution >= 0.6 is 11.3 Å². The first-order valence-corrected chi connectivity index (χ1v) is 11.8. The van der Waals surface area contributed by atoms with Gasteiger partial charge in [-0.3, -0.25) is 4.79 Å². The Morgan fingerprint density at radius 3 is 2.43 bits per heavy atom. The maximum absolute atomic E-state index is 14.7. The molecule has 0 radical (unpaired) electrons. The Labute approximate surface area is 212 Å². The Kier molecular flexibility index (Phi) is 7.16. The summed E-state index contributed by atoms with van der Waals surface area (Å²) in [5.41, 5.74) is -1.99. The van der Waals surface area contributed by atoms with E-state index in [0.29, 0.717) is 22.1 Å². The molecule has 0 fully saturated rings. The van der Waals surface area contributed by atoms with Crippen LogP contribution in [0.5, 0.6) is 0 Å². The summed E-state index contributed by atoms with van der Waals surface area (Å²) in [5.74, 6) is -2.40. The van der Waals surface area contributed by atoms with E-state index < -0.39 is 40.9 Å². The zero-order valence-corrected chi connectivity index (χ0v) is 20.4. The van der Waals surface area contributed by atoms with Gasteiger partial charge in [-0.2, -0.15) is 18.3 Å². The largest absolute Gasteiger partial charge is 0.416 e. The molecule has 0 unspecified atom stereocenters. The number of hydrogen-bond acceptors (Lipinski definition) is 5. The minimum absolute atomic E-state index is 0.245. The average molecular weight is 537 g/mol. The van der Waals surface area contributed by atoms with Crippen LogP contribution in [-0.2, 0) is 18.3 Å². The number of carbonyl (C=O) groups excluding carboxylic acids is 1. The highest BCUT2D eigenvalue weighted by molar-refractivity contribution is 7.17. The molecule has 0 aliphatic rings. The summed E-state index contributed by atoms with van der Waals surface area (Å²) >= 11 is 1.07. The van der Waals surface area contributed by atoms with Crippen LogP contribution in [0.4, 0.5) is 22.0 Å². The minimum Gasteiger partial charge on any atom is -0.381 e. The van der Waals surface area contributed by atoms with Crippen LogP contribution < -0.4 is 5.32 Å². The van der Waals surface area contributed by atoms with E-state index in [0.717, 1.165) is 35.6 Å². The second-order valence-electron chi connectivity index (χ2n) is 8.53. The number of carbonyl (C=O) groups is 1. The maximum atomic E-state index is 14.7. The van der Waals surface area contributed by atoms with Crippen molar-refractivity contribution in [1.82, 2.24) is 20.1 Å². The molecule has 2 aromatic carbocycles. The molecule has 2 heterocycles. The highest BCUT2D eigenvalue weighted by Gasteiger charge is 2.40. The monoisotopic (exact) mass is 536 g/mol. The number of nitrogens with zero attached hydrogens (tertiary/aromatic N) is 3. The average Bonchev–Trinajstić information content (AvgIpc) is 3.47. The van der Waals surface area contributed by atoms with Crippen LogP contribution in [0.1, 0.15) is 33.3 Å². The van der Waals surface area contributed by atoms with Crippen LogP contribution in [0.2, 0.25) is 0 Å². The van der Waals surface area contributed by atoms with Crippen molar-refractivity contribution in [3.8, 4) is 10.4 Å². The number of amides is 1. The van der Waals surface area contributed by atoms with Crippen LogP contribution in [0.25, 0.3) is 10.4 Å². The topological polar surface area (TPSA) is 80.0 Å². The van der Waals surface area contributed by atoms with E-state index in [-0.39, 0.29) is 17.0 Å². The summed E-state index contributed by atoms with van der Waals surface area (Å²) in [4.78, 5) is 17.8. The molecule has 194 valence electrons. The van der Waals surface area contributed by atoms with Crippen molar-refractivity contribution in [2.24, 2.45) is 0 Å². The van der Waals surface area contributed by atoms with Crippen molar-refractivity contribution >= 4 is 17.2 Å². The van der Waals surface area contributed by atoms with Gasteiger partial charge in [0.25, 0.3) is 5.91 Å². The van der Waals surface area contributed by atoms with Crippen molar-refractivity contribution in [3.05, 3.63) is 94.4 Å². The fraction of sp³-hybridized carbons (Fsp3) is 0.240. The molecule has 1 amide bonds. The van der Waals surface area contributed by atoms with Crippen molar-refractivity contribution in [2.75, 3.05) is 0 Å². The number of benzene rings is 2. The predicted molar refractivity (Wildman–Crippen MR) is 127 cm³/mol. The number of halogens is 5. The zero-order valence-electron chi connectivity index (χ0n) is 19.6. The molecule has 0 saturated carbocycles. The summed E-state index contributed by atoms with van der Waals surface area (Å²) in [6.45, 7) is 2.85. The lowest BCUT2D eigenvalue weighted by Crippen LogP contribution is -2.51. The molecule has 0 bridgehead atoms. The van der Waals surface area contributed by atoms with Crippen LogP contribution in [0, 0.1) is 18.6 Å². The molecule has 0 aliphatic carbocycles. The summed E-state index contributed by atoms with van der Waals surface area (Å²) in [7, 11) is 0. The van der Waals surface area contributed by atoms with Gasteiger partial charge < -0.3 is 10.4 Å². The lowest BCUT2D eigenvalue weighted by Gasteiger charge is -2.35. The summed E-state index contributed by atoms with van der Waals surface area (Å²) < 4.78 is 68.2. The second-order valence-corrected chi connectivity index (χ2v) is 9.59. The van der Waals surface area contributed by atoms with E-state index >= 15 is 0 Å². The highest BCUT2D eigenvalue weighted by atomic mass is 32.1. The Morgan fingerprint density at radius 2 is 1.84 bits per heavy atom. The number of aliphatic hydroxyl groups is 1. The predicted octanol–water partition coefficient (Wildman–Crippen LogP) is 5.32. The number of alkyl halides is 3. The van der Waals surface area contributed by atoms with Gasteiger partial charge in [0.2, 0.25) is 0 Å². The van der Waals surface area contributed by atoms with Crippen LogP contribution in [0.15, 0.2) is 61.2 Å². The minimum atomic E-state index is -4.46. The van der Waals surface area contributed by atoms with Crippen molar-refractivity contribution < 1.29 is 31.9 Å². The van der Waals surface area contributed by atoms with Gasteiger partial charge >= 0.3 is 6.18 Å². The first kappa shape index (κ1) is 26.4. The number of nitrogens with one attached hydrogen (secondary N) is 1. The Balaban J connectivity index is 1.61. The smallest absolute Gasteiger partial charge is 0.381 e. The standard InChI is InChI=1S/C25H21F5N4O2S/c1-14-9-21(16-3-5-17(6-4-16)25(28,29)30)37-22(14)23(35)33-15(2)24(36,11-34-13-31-12-32-34)19-8-7-18(26)10-20(19)27/h3-10,12-13,15,36H,11H2,1-2H3,(H,33,35)/t15-,24-/m1/s1. The molecule has 37 heavy (non-hydrogen) atoms. The zero-order chi connectivity index (χ0) is 27.0. The van der Waals surface area contributed by atoms with E-state index in [9.17, 15) is 31.9 Å². The molecule has 0 aliphatic heterocycles. The normalized spacial score (nSPS) is 14.3. The molecule has 0 spiro atoms. The van der Waals surface area contributed by atoms with Crippen LogP contribution in [0.3, 0.4) is 0 Å². The third-order valence-corrected chi connectivity index (χ3v) is 7.24. The Hall–Kier alpha value is -3.64. The number of hydrogen-bond donors (Lipinski definition) is 2. The number of aryl methyl sites for hydroxylation is 1. The molecule has 12 heteroatoms. The summed E-state index contributed by atoms with van der Waals surface area (Å²) in [6, 6.07) is 7.91. The van der Waals surface area contributed by atoms with Gasteiger partial charge in [-0.25, -0.2) is 18.4 Å². The quantitative estimate of drug-likeness (QED) is 0.314. The molecule has 2 N–H and O–H groups in total. The number of thiophene rings is 1. The summed E-state index contributed by atoms with van der Waals surface area (Å²) in [6.07, 6.45) is -1.93. The summed E-state index contributed by atoms with van der Waals surface area (Å²) in [5, 5.41) is 18.2. The van der Waals surface area contributed by atoms with Gasteiger partial charge in [-0.15, -0.1) is 11.3 Å². The van der Waals surface area contributed by atoms with Gasteiger partial charge in [-0.1, -0.05) is 18.2 Å². The first-order chi connectivity index (χ1) is 17.4.